The van der Waals surface area contributed by atoms with Crippen molar-refractivity contribution in [3.8, 4) is 0 Å². The molecule has 0 heterocycles. The number of aryl methyl sites for hydroxylation is 1. The molecule has 0 aliphatic heterocycles. The van der Waals surface area contributed by atoms with E-state index in [0.717, 1.165) is 10.0 Å². The second kappa shape index (κ2) is 5.93. The zero-order valence-corrected chi connectivity index (χ0v) is 11.9. The fourth-order valence-electron chi connectivity index (χ4n) is 1.62. The number of benzene rings is 2. The standard InChI is InChI=1S/C16H12BrFO/c1-11-2-4-12(5-3-11)16(19)9-6-13-10-14(17)7-8-15(13)18/h2-10H,1H3/b9-6+. The minimum Gasteiger partial charge on any atom is -0.289 e. The van der Waals surface area contributed by atoms with Crippen LogP contribution in [0.15, 0.2) is 53.0 Å². The van der Waals surface area contributed by atoms with E-state index in [2.05, 4.69) is 15.9 Å². The molecule has 0 amide bonds. The van der Waals surface area contributed by atoms with E-state index < -0.39 is 0 Å². The zero-order valence-electron chi connectivity index (χ0n) is 10.4. The first kappa shape index (κ1) is 13.7. The lowest BCUT2D eigenvalue weighted by Gasteiger charge is -1.99. The predicted molar refractivity (Wildman–Crippen MR) is 78.6 cm³/mol. The van der Waals surface area contributed by atoms with Gasteiger partial charge in [-0.25, -0.2) is 4.39 Å². The van der Waals surface area contributed by atoms with E-state index in [1.807, 2.05) is 19.1 Å². The number of ketones is 1. The number of allylic oxidation sites excluding steroid dienone is 1. The lowest BCUT2D eigenvalue weighted by molar-refractivity contribution is 0.104. The Bertz CT molecular complexity index is 630. The summed E-state index contributed by atoms with van der Waals surface area (Å²) in [6.07, 6.45) is 2.87. The minimum absolute atomic E-state index is 0.139. The van der Waals surface area contributed by atoms with Crippen LogP contribution in [0.25, 0.3) is 6.08 Å². The zero-order chi connectivity index (χ0) is 13.8. The van der Waals surface area contributed by atoms with Crippen LogP contribution in [-0.4, -0.2) is 5.78 Å². The van der Waals surface area contributed by atoms with Crippen molar-refractivity contribution in [2.75, 3.05) is 0 Å². The molecule has 0 radical (unpaired) electrons. The van der Waals surface area contributed by atoms with Crippen LogP contribution in [0.1, 0.15) is 21.5 Å². The van der Waals surface area contributed by atoms with Gasteiger partial charge in [-0.1, -0.05) is 45.8 Å². The smallest absolute Gasteiger partial charge is 0.185 e. The molecule has 2 aromatic rings. The van der Waals surface area contributed by atoms with Crippen LogP contribution in [0.2, 0.25) is 0 Å². The van der Waals surface area contributed by atoms with Gasteiger partial charge >= 0.3 is 0 Å². The third-order valence-corrected chi connectivity index (χ3v) is 3.20. The molecule has 96 valence electrons. The molecule has 0 unspecified atom stereocenters. The van der Waals surface area contributed by atoms with Gasteiger partial charge in [-0.2, -0.15) is 0 Å². The van der Waals surface area contributed by atoms with Gasteiger partial charge in [-0.05, 0) is 37.3 Å². The lowest BCUT2D eigenvalue weighted by Crippen LogP contribution is -1.94. The highest BCUT2D eigenvalue weighted by molar-refractivity contribution is 9.10. The van der Waals surface area contributed by atoms with E-state index in [-0.39, 0.29) is 11.6 Å². The van der Waals surface area contributed by atoms with Gasteiger partial charge in [0.05, 0.1) is 0 Å². The Kier molecular flexibility index (Phi) is 4.27. The predicted octanol–water partition coefficient (Wildman–Crippen LogP) is 4.79. The molecule has 3 heteroatoms. The summed E-state index contributed by atoms with van der Waals surface area (Å²) in [6, 6.07) is 11.9. The van der Waals surface area contributed by atoms with Crippen LogP contribution in [-0.2, 0) is 0 Å². The first-order valence-corrected chi connectivity index (χ1v) is 6.60. The summed E-state index contributed by atoms with van der Waals surface area (Å²) in [5, 5.41) is 0. The third-order valence-electron chi connectivity index (χ3n) is 2.71. The number of hydrogen-bond donors (Lipinski definition) is 0. The van der Waals surface area contributed by atoms with Crippen molar-refractivity contribution in [1.82, 2.24) is 0 Å². The summed E-state index contributed by atoms with van der Waals surface area (Å²) in [5.41, 5.74) is 2.07. The van der Waals surface area contributed by atoms with Gasteiger partial charge in [-0.3, -0.25) is 4.79 Å². The first-order valence-electron chi connectivity index (χ1n) is 5.80. The van der Waals surface area contributed by atoms with Crippen LogP contribution in [0, 0.1) is 12.7 Å². The van der Waals surface area contributed by atoms with Gasteiger partial charge < -0.3 is 0 Å². The van der Waals surface area contributed by atoms with Crippen LogP contribution < -0.4 is 0 Å². The fourth-order valence-corrected chi connectivity index (χ4v) is 2.00. The summed E-state index contributed by atoms with van der Waals surface area (Å²) < 4.78 is 14.3. The maximum absolute atomic E-state index is 13.5. The van der Waals surface area contributed by atoms with Gasteiger partial charge in [0.25, 0.3) is 0 Å². The number of halogens is 2. The molecule has 0 bridgehead atoms. The van der Waals surface area contributed by atoms with Gasteiger partial charge in [0.15, 0.2) is 5.78 Å². The Labute approximate surface area is 119 Å². The molecule has 0 N–H and O–H groups in total. The second-order valence-electron chi connectivity index (χ2n) is 4.23. The lowest BCUT2D eigenvalue weighted by atomic mass is 10.1. The Morgan fingerprint density at radius 1 is 1.16 bits per heavy atom. The Hall–Kier alpha value is -1.74. The molecule has 0 aromatic heterocycles. The Morgan fingerprint density at radius 2 is 1.84 bits per heavy atom. The fraction of sp³-hybridized carbons (Fsp3) is 0.0625. The molecule has 0 aliphatic rings. The van der Waals surface area contributed by atoms with Gasteiger partial charge in [0.2, 0.25) is 0 Å². The van der Waals surface area contributed by atoms with Gasteiger partial charge in [0.1, 0.15) is 5.82 Å². The first-order chi connectivity index (χ1) is 9.06. The van der Waals surface area contributed by atoms with Crippen molar-refractivity contribution < 1.29 is 9.18 Å². The number of carbonyl (C=O) groups excluding carboxylic acids is 1. The van der Waals surface area contributed by atoms with Crippen LogP contribution >= 0.6 is 15.9 Å². The average Bonchev–Trinajstić information content (AvgIpc) is 2.40. The number of hydrogen-bond acceptors (Lipinski definition) is 1. The molecule has 0 spiro atoms. The largest absolute Gasteiger partial charge is 0.289 e. The Balaban J connectivity index is 2.20. The monoisotopic (exact) mass is 318 g/mol. The highest BCUT2D eigenvalue weighted by atomic mass is 79.9. The molecule has 0 aliphatic carbocycles. The molecular formula is C16H12BrFO. The number of rotatable bonds is 3. The summed E-state index contributed by atoms with van der Waals surface area (Å²) in [6.45, 7) is 1.96. The summed E-state index contributed by atoms with van der Waals surface area (Å²) in [4.78, 5) is 11.9. The van der Waals surface area contributed by atoms with Crippen molar-refractivity contribution in [2.45, 2.75) is 6.92 Å². The van der Waals surface area contributed by atoms with Crippen molar-refractivity contribution in [2.24, 2.45) is 0 Å². The third kappa shape index (κ3) is 3.61. The maximum Gasteiger partial charge on any atom is 0.185 e. The van der Waals surface area contributed by atoms with E-state index in [9.17, 15) is 9.18 Å². The van der Waals surface area contributed by atoms with Crippen LogP contribution in [0.3, 0.4) is 0 Å². The van der Waals surface area contributed by atoms with Crippen LogP contribution in [0.5, 0.6) is 0 Å². The van der Waals surface area contributed by atoms with E-state index in [0.29, 0.717) is 11.1 Å². The summed E-state index contributed by atoms with van der Waals surface area (Å²) in [7, 11) is 0. The van der Waals surface area contributed by atoms with E-state index in [1.54, 1.807) is 24.3 Å². The van der Waals surface area contributed by atoms with Crippen molar-refractivity contribution in [1.29, 1.82) is 0 Å². The van der Waals surface area contributed by atoms with Gasteiger partial charge in [-0.15, -0.1) is 0 Å². The second-order valence-corrected chi connectivity index (χ2v) is 5.15. The average molecular weight is 319 g/mol. The molecule has 2 rings (SSSR count). The van der Waals surface area contributed by atoms with Crippen LogP contribution in [0.4, 0.5) is 4.39 Å². The number of carbonyl (C=O) groups is 1. The Morgan fingerprint density at radius 3 is 2.53 bits per heavy atom. The van der Waals surface area contributed by atoms with Gasteiger partial charge in [0, 0.05) is 15.6 Å². The highest BCUT2D eigenvalue weighted by Crippen LogP contribution is 2.17. The molecule has 1 nitrogen and oxygen atoms in total. The van der Waals surface area contributed by atoms with E-state index in [1.165, 1.54) is 18.2 Å². The summed E-state index contributed by atoms with van der Waals surface area (Å²) in [5.74, 6) is -0.490. The molecule has 0 saturated carbocycles. The van der Waals surface area contributed by atoms with E-state index >= 15 is 0 Å². The highest BCUT2D eigenvalue weighted by Gasteiger charge is 2.03. The van der Waals surface area contributed by atoms with E-state index in [4.69, 9.17) is 0 Å². The quantitative estimate of drug-likeness (QED) is 0.587. The molecule has 0 saturated heterocycles. The molecular weight excluding hydrogens is 307 g/mol. The summed E-state index contributed by atoms with van der Waals surface area (Å²) >= 11 is 3.27. The molecule has 19 heavy (non-hydrogen) atoms. The normalized spacial score (nSPS) is 10.9. The molecule has 0 atom stereocenters. The molecule has 2 aromatic carbocycles. The van der Waals surface area contributed by atoms with Crippen molar-refractivity contribution >= 4 is 27.8 Å². The van der Waals surface area contributed by atoms with Crippen molar-refractivity contribution in [3.05, 3.63) is 75.5 Å². The van der Waals surface area contributed by atoms with Crippen molar-refractivity contribution in [3.63, 3.8) is 0 Å². The topological polar surface area (TPSA) is 17.1 Å². The molecule has 0 fully saturated rings. The maximum atomic E-state index is 13.5. The SMILES string of the molecule is Cc1ccc(C(=O)/C=C/c2cc(Br)ccc2F)cc1. The minimum atomic E-state index is -0.351.